The third-order valence-corrected chi connectivity index (χ3v) is 6.26. The highest BCUT2D eigenvalue weighted by molar-refractivity contribution is 6.15. The Bertz CT molecular complexity index is 1330. The average molecular weight is 483 g/mol. The van der Waals surface area contributed by atoms with Crippen LogP contribution in [0.4, 0.5) is 22.7 Å². The number of hydrogen-bond acceptors (Lipinski definition) is 6. The molecule has 0 spiro atoms. The average Bonchev–Trinajstić information content (AvgIpc) is 3.22. The largest absolute Gasteiger partial charge is 0.378 e. The summed E-state index contributed by atoms with van der Waals surface area (Å²) in [5.41, 5.74) is 4.86. The number of rotatable bonds is 6. The first-order valence-corrected chi connectivity index (χ1v) is 11.8. The highest BCUT2D eigenvalue weighted by atomic mass is 16.5. The van der Waals surface area contributed by atoms with Crippen molar-refractivity contribution in [2.75, 3.05) is 41.8 Å². The van der Waals surface area contributed by atoms with Crippen molar-refractivity contribution in [2.24, 2.45) is 4.99 Å². The zero-order valence-electron chi connectivity index (χ0n) is 19.9. The van der Waals surface area contributed by atoms with E-state index >= 15 is 0 Å². The minimum absolute atomic E-state index is 0.166. The summed E-state index contributed by atoms with van der Waals surface area (Å²) in [4.78, 5) is 43.7. The molecule has 0 saturated carbocycles. The van der Waals surface area contributed by atoms with Crippen LogP contribution in [-0.4, -0.2) is 50.1 Å². The fraction of sp³-hybridized carbons (Fsp3) is 0.214. The van der Waals surface area contributed by atoms with E-state index < -0.39 is 5.92 Å². The lowest BCUT2D eigenvalue weighted by molar-refractivity contribution is -0.116. The van der Waals surface area contributed by atoms with Gasteiger partial charge in [-0.3, -0.25) is 19.4 Å². The van der Waals surface area contributed by atoms with Gasteiger partial charge in [-0.15, -0.1) is 0 Å². The van der Waals surface area contributed by atoms with Gasteiger partial charge in [0, 0.05) is 54.4 Å². The van der Waals surface area contributed by atoms with Gasteiger partial charge >= 0.3 is 0 Å². The van der Waals surface area contributed by atoms with Crippen molar-refractivity contribution < 1.29 is 19.1 Å². The number of ether oxygens (including phenoxy) is 1. The van der Waals surface area contributed by atoms with Crippen molar-refractivity contribution in [3.63, 3.8) is 0 Å². The Morgan fingerprint density at radius 3 is 2.39 bits per heavy atom. The third-order valence-electron chi connectivity index (χ3n) is 6.26. The molecule has 1 saturated heterocycles. The molecule has 2 heterocycles. The number of aliphatic imine (C=N–C) groups is 1. The monoisotopic (exact) mass is 482 g/mol. The van der Waals surface area contributed by atoms with E-state index in [4.69, 9.17) is 4.74 Å². The standard InChI is InChI=1S/C28H26N4O4/c1-18(33)30-22-5-2-19(3-6-22)27(34)20-4-11-26-24(16-20)25(28(35)31-26)17-29-21-7-9-23(10-8-21)32-12-14-36-15-13-32/h2-11,16-17,25H,12-15H2,1H3,(H,30,33)(H,31,35). The summed E-state index contributed by atoms with van der Waals surface area (Å²) in [6.45, 7) is 4.61. The molecule has 5 rings (SSSR count). The number of ketones is 1. The molecule has 8 nitrogen and oxygen atoms in total. The molecular weight excluding hydrogens is 456 g/mol. The van der Waals surface area contributed by atoms with Gasteiger partial charge in [-0.05, 0) is 72.3 Å². The second kappa shape index (κ2) is 10.1. The number of carbonyl (C=O) groups excluding carboxylic acids is 3. The van der Waals surface area contributed by atoms with E-state index in [1.165, 1.54) is 6.92 Å². The zero-order chi connectivity index (χ0) is 25.1. The fourth-order valence-electron chi connectivity index (χ4n) is 4.38. The maximum atomic E-state index is 13.1. The Labute approximate surface area is 209 Å². The molecule has 1 fully saturated rings. The molecule has 2 N–H and O–H groups in total. The maximum Gasteiger partial charge on any atom is 0.237 e. The lowest BCUT2D eigenvalue weighted by Gasteiger charge is -2.28. The van der Waals surface area contributed by atoms with Gasteiger partial charge in [-0.1, -0.05) is 0 Å². The van der Waals surface area contributed by atoms with Crippen molar-refractivity contribution >= 4 is 46.6 Å². The normalized spacial score (nSPS) is 17.1. The summed E-state index contributed by atoms with van der Waals surface area (Å²) in [5.74, 6) is -1.11. The van der Waals surface area contributed by atoms with Gasteiger partial charge in [0.25, 0.3) is 0 Å². The van der Waals surface area contributed by atoms with Crippen LogP contribution < -0.4 is 15.5 Å². The van der Waals surface area contributed by atoms with E-state index in [2.05, 4.69) is 20.5 Å². The molecule has 3 aromatic rings. The van der Waals surface area contributed by atoms with E-state index in [0.29, 0.717) is 22.5 Å². The number of benzene rings is 3. The van der Waals surface area contributed by atoms with Gasteiger partial charge in [0.2, 0.25) is 11.8 Å². The minimum atomic E-state index is -0.589. The molecule has 8 heteroatoms. The molecule has 0 aliphatic carbocycles. The number of fused-ring (bicyclic) bond motifs is 1. The van der Waals surface area contributed by atoms with Crippen LogP contribution >= 0.6 is 0 Å². The fourth-order valence-corrected chi connectivity index (χ4v) is 4.38. The van der Waals surface area contributed by atoms with Gasteiger partial charge < -0.3 is 20.3 Å². The second-order valence-electron chi connectivity index (χ2n) is 8.75. The van der Waals surface area contributed by atoms with Crippen LogP contribution in [0.15, 0.2) is 71.7 Å². The topological polar surface area (TPSA) is 100 Å². The van der Waals surface area contributed by atoms with E-state index in [9.17, 15) is 14.4 Å². The van der Waals surface area contributed by atoms with E-state index in [1.807, 2.05) is 24.3 Å². The molecule has 2 aliphatic heterocycles. The van der Waals surface area contributed by atoms with Crippen molar-refractivity contribution in [3.8, 4) is 0 Å². The first kappa shape index (κ1) is 23.4. The molecule has 1 atom stereocenters. The van der Waals surface area contributed by atoms with Gasteiger partial charge in [-0.2, -0.15) is 0 Å². The van der Waals surface area contributed by atoms with Crippen molar-refractivity contribution in [3.05, 3.63) is 83.4 Å². The maximum absolute atomic E-state index is 13.1. The molecule has 0 bridgehead atoms. The van der Waals surface area contributed by atoms with Gasteiger partial charge in [0.05, 0.1) is 18.9 Å². The summed E-state index contributed by atoms with van der Waals surface area (Å²) in [6.07, 6.45) is 1.63. The summed E-state index contributed by atoms with van der Waals surface area (Å²) in [6, 6.07) is 19.8. The van der Waals surface area contributed by atoms with E-state index in [0.717, 1.165) is 43.2 Å². The van der Waals surface area contributed by atoms with Crippen LogP contribution in [0.2, 0.25) is 0 Å². The number of amides is 2. The smallest absolute Gasteiger partial charge is 0.237 e. The van der Waals surface area contributed by atoms with Crippen LogP contribution in [0.25, 0.3) is 0 Å². The first-order chi connectivity index (χ1) is 17.5. The van der Waals surface area contributed by atoms with Crippen molar-refractivity contribution in [2.45, 2.75) is 12.8 Å². The van der Waals surface area contributed by atoms with Crippen LogP contribution in [-0.2, 0) is 14.3 Å². The highest BCUT2D eigenvalue weighted by Gasteiger charge is 2.30. The summed E-state index contributed by atoms with van der Waals surface area (Å²) >= 11 is 0. The Balaban J connectivity index is 1.32. The van der Waals surface area contributed by atoms with Gasteiger partial charge in [0.15, 0.2) is 5.78 Å². The SMILES string of the molecule is CC(=O)Nc1ccc(C(=O)c2ccc3c(c2)C(C=Nc2ccc(N4CCOCC4)cc2)C(=O)N3)cc1. The molecule has 182 valence electrons. The third kappa shape index (κ3) is 5.04. The van der Waals surface area contributed by atoms with E-state index in [-0.39, 0.29) is 17.6 Å². The predicted molar refractivity (Wildman–Crippen MR) is 140 cm³/mol. The van der Waals surface area contributed by atoms with Crippen LogP contribution in [0.5, 0.6) is 0 Å². The molecule has 36 heavy (non-hydrogen) atoms. The number of morpholine rings is 1. The molecule has 0 radical (unpaired) electrons. The number of hydrogen-bond donors (Lipinski definition) is 2. The van der Waals surface area contributed by atoms with Gasteiger partial charge in [0.1, 0.15) is 5.92 Å². The lowest BCUT2D eigenvalue weighted by Crippen LogP contribution is -2.36. The Kier molecular flexibility index (Phi) is 6.60. The Morgan fingerprint density at radius 1 is 1.00 bits per heavy atom. The molecular formula is C28H26N4O4. The van der Waals surface area contributed by atoms with E-state index in [1.54, 1.807) is 48.7 Å². The molecule has 1 unspecified atom stereocenters. The predicted octanol–water partition coefficient (Wildman–Crippen LogP) is 4.15. The lowest BCUT2D eigenvalue weighted by atomic mass is 9.96. The number of carbonyl (C=O) groups is 3. The minimum Gasteiger partial charge on any atom is -0.378 e. The summed E-state index contributed by atoms with van der Waals surface area (Å²) < 4.78 is 5.41. The number of anilines is 3. The molecule has 0 aromatic heterocycles. The highest BCUT2D eigenvalue weighted by Crippen LogP contribution is 2.33. The Hall–Kier alpha value is -4.30. The molecule has 2 aliphatic rings. The zero-order valence-corrected chi connectivity index (χ0v) is 19.9. The summed E-state index contributed by atoms with van der Waals surface area (Å²) in [7, 11) is 0. The van der Waals surface area contributed by atoms with Gasteiger partial charge in [-0.25, -0.2) is 0 Å². The number of nitrogens with zero attached hydrogens (tertiary/aromatic N) is 2. The Morgan fingerprint density at radius 2 is 1.69 bits per heavy atom. The van der Waals surface area contributed by atoms with Crippen LogP contribution in [0.3, 0.4) is 0 Å². The second-order valence-corrected chi connectivity index (χ2v) is 8.75. The first-order valence-electron chi connectivity index (χ1n) is 11.8. The molecule has 3 aromatic carbocycles. The van der Waals surface area contributed by atoms with Crippen molar-refractivity contribution in [1.82, 2.24) is 0 Å². The van der Waals surface area contributed by atoms with Crippen LogP contribution in [0.1, 0.15) is 34.3 Å². The number of nitrogens with one attached hydrogen (secondary N) is 2. The summed E-state index contributed by atoms with van der Waals surface area (Å²) in [5, 5.41) is 5.55. The molecule has 2 amide bonds. The quantitative estimate of drug-likeness (QED) is 0.406. The van der Waals surface area contributed by atoms with Crippen molar-refractivity contribution in [1.29, 1.82) is 0 Å². The van der Waals surface area contributed by atoms with Crippen LogP contribution in [0, 0.1) is 0 Å².